The molecule has 1 aromatic carbocycles. The molecule has 3 aromatic rings. The third-order valence-corrected chi connectivity index (χ3v) is 6.07. The molecule has 1 aliphatic carbocycles. The molecule has 0 unspecified atom stereocenters. The van der Waals surface area contributed by atoms with Gasteiger partial charge in [-0.3, -0.25) is 9.48 Å². The number of aryl methyl sites for hydroxylation is 3. The van der Waals surface area contributed by atoms with Gasteiger partial charge >= 0.3 is 0 Å². The predicted octanol–water partition coefficient (Wildman–Crippen LogP) is 2.20. The summed E-state index contributed by atoms with van der Waals surface area (Å²) < 4.78 is 1.77. The Bertz CT molecular complexity index is 1050. The normalized spacial score (nSPS) is 16.7. The van der Waals surface area contributed by atoms with Crippen molar-refractivity contribution in [2.45, 2.75) is 31.7 Å². The molecule has 7 heteroatoms. The van der Waals surface area contributed by atoms with Gasteiger partial charge in [0, 0.05) is 32.6 Å². The molecule has 1 saturated heterocycles. The number of aromatic nitrogens is 4. The summed E-state index contributed by atoms with van der Waals surface area (Å²) in [5.41, 5.74) is 3.98. The lowest BCUT2D eigenvalue weighted by Crippen LogP contribution is -2.60. The van der Waals surface area contributed by atoms with Gasteiger partial charge in [-0.1, -0.05) is 18.2 Å². The van der Waals surface area contributed by atoms with Crippen molar-refractivity contribution in [1.29, 1.82) is 0 Å². The van der Waals surface area contributed by atoms with Crippen molar-refractivity contribution in [2.75, 3.05) is 25.0 Å². The van der Waals surface area contributed by atoms with Crippen LogP contribution in [0.2, 0.25) is 0 Å². The van der Waals surface area contributed by atoms with Gasteiger partial charge in [0.25, 0.3) is 5.91 Å². The monoisotopic (exact) mass is 376 g/mol. The number of hydrogen-bond donors (Lipinski definition) is 0. The fourth-order valence-corrected chi connectivity index (χ4v) is 4.23. The summed E-state index contributed by atoms with van der Waals surface area (Å²) in [5.74, 6) is 0.902. The third-order valence-electron chi connectivity index (χ3n) is 6.07. The van der Waals surface area contributed by atoms with Crippen LogP contribution in [0.3, 0.4) is 0 Å². The highest BCUT2D eigenvalue weighted by atomic mass is 16.2. The molecule has 0 radical (unpaired) electrons. The van der Waals surface area contributed by atoms with E-state index in [4.69, 9.17) is 0 Å². The molecule has 144 valence electrons. The first-order valence-corrected chi connectivity index (χ1v) is 9.91. The Morgan fingerprint density at radius 2 is 1.93 bits per heavy atom. The minimum absolute atomic E-state index is 0.0297. The van der Waals surface area contributed by atoms with Crippen LogP contribution in [0.15, 0.2) is 30.3 Å². The highest BCUT2D eigenvalue weighted by molar-refractivity contribution is 6.04. The van der Waals surface area contributed by atoms with Gasteiger partial charge in [-0.2, -0.15) is 10.2 Å². The number of fused-ring (bicyclic) bond motifs is 2. The molecule has 1 fully saturated rings. The van der Waals surface area contributed by atoms with Crippen LogP contribution in [0.4, 0.5) is 5.82 Å². The maximum atomic E-state index is 13.0. The van der Waals surface area contributed by atoms with Crippen molar-refractivity contribution < 1.29 is 4.79 Å². The van der Waals surface area contributed by atoms with Crippen LogP contribution in [0, 0.1) is 0 Å². The van der Waals surface area contributed by atoms with E-state index in [9.17, 15) is 4.79 Å². The van der Waals surface area contributed by atoms with Gasteiger partial charge in [-0.25, -0.2) is 0 Å². The molecule has 2 aliphatic rings. The lowest BCUT2D eigenvalue weighted by Gasteiger charge is -2.44. The summed E-state index contributed by atoms with van der Waals surface area (Å²) >= 11 is 0. The number of amides is 1. The van der Waals surface area contributed by atoms with Crippen LogP contribution in [0.25, 0.3) is 10.9 Å². The van der Waals surface area contributed by atoms with Crippen molar-refractivity contribution >= 4 is 22.6 Å². The number of para-hydroxylation sites is 1. The van der Waals surface area contributed by atoms with Crippen molar-refractivity contribution in [1.82, 2.24) is 24.9 Å². The number of carbonyl (C=O) groups excluding carboxylic acids is 1. The molecule has 1 aliphatic heterocycles. The molecule has 28 heavy (non-hydrogen) atoms. The Hall–Kier alpha value is -2.96. The zero-order valence-corrected chi connectivity index (χ0v) is 16.3. The standard InChI is InChI=1S/C21H24N6O/c1-25(21(28)20-16-8-4-6-10-18(16)26(2)24-20)15-12-27(13-15)19-11-14-7-3-5-9-17(14)22-23-19/h4,6,8,10-11,15H,3,5,7,9,12-13H2,1-2H3. The number of rotatable bonds is 3. The minimum atomic E-state index is -0.0297. The molecule has 0 bridgehead atoms. The van der Waals surface area contributed by atoms with Gasteiger partial charge in [0.2, 0.25) is 0 Å². The van der Waals surface area contributed by atoms with Crippen molar-refractivity contribution in [3.8, 4) is 0 Å². The number of carbonyl (C=O) groups is 1. The summed E-state index contributed by atoms with van der Waals surface area (Å²) in [7, 11) is 3.74. The van der Waals surface area contributed by atoms with Crippen LogP contribution >= 0.6 is 0 Å². The molecule has 0 saturated carbocycles. The highest BCUT2D eigenvalue weighted by Crippen LogP contribution is 2.27. The molecule has 0 spiro atoms. The van der Waals surface area contributed by atoms with E-state index in [2.05, 4.69) is 26.3 Å². The molecular formula is C21H24N6O. The van der Waals surface area contributed by atoms with E-state index in [-0.39, 0.29) is 11.9 Å². The fraction of sp³-hybridized carbons (Fsp3) is 0.429. The lowest BCUT2D eigenvalue weighted by atomic mass is 9.96. The largest absolute Gasteiger partial charge is 0.351 e. The Morgan fingerprint density at radius 1 is 1.14 bits per heavy atom. The van der Waals surface area contributed by atoms with Crippen molar-refractivity contribution in [2.24, 2.45) is 7.05 Å². The van der Waals surface area contributed by atoms with E-state index in [0.29, 0.717) is 5.69 Å². The van der Waals surface area contributed by atoms with Gasteiger partial charge in [0.05, 0.1) is 17.3 Å². The molecule has 1 amide bonds. The molecule has 0 N–H and O–H groups in total. The quantitative estimate of drug-likeness (QED) is 0.701. The summed E-state index contributed by atoms with van der Waals surface area (Å²) in [4.78, 5) is 17.1. The SMILES string of the molecule is CN(C(=O)c1nn(C)c2ccccc12)C1CN(c2cc3c(nn2)CCCC3)C1. The number of nitrogens with zero attached hydrogens (tertiary/aromatic N) is 6. The Morgan fingerprint density at radius 3 is 2.79 bits per heavy atom. The van der Waals surface area contributed by atoms with Crippen LogP contribution in [0.5, 0.6) is 0 Å². The van der Waals surface area contributed by atoms with Gasteiger partial charge in [-0.05, 0) is 43.4 Å². The number of likely N-dealkylation sites (N-methyl/N-ethyl adjacent to an activating group) is 1. The van der Waals surface area contributed by atoms with Crippen molar-refractivity contribution in [3.05, 3.63) is 47.3 Å². The van der Waals surface area contributed by atoms with E-state index >= 15 is 0 Å². The Labute approximate surface area is 164 Å². The average Bonchev–Trinajstić information content (AvgIpc) is 3.03. The van der Waals surface area contributed by atoms with Crippen LogP contribution in [-0.2, 0) is 19.9 Å². The maximum absolute atomic E-state index is 13.0. The number of anilines is 1. The van der Waals surface area contributed by atoms with Crippen LogP contribution in [0.1, 0.15) is 34.6 Å². The molecule has 7 nitrogen and oxygen atoms in total. The average molecular weight is 376 g/mol. The van der Waals surface area contributed by atoms with Gasteiger partial charge in [0.15, 0.2) is 11.5 Å². The van der Waals surface area contributed by atoms with E-state index < -0.39 is 0 Å². The molecular weight excluding hydrogens is 352 g/mol. The second kappa shape index (κ2) is 6.58. The van der Waals surface area contributed by atoms with E-state index in [1.165, 1.54) is 18.4 Å². The van der Waals surface area contributed by atoms with Crippen LogP contribution in [-0.4, -0.2) is 57.0 Å². The van der Waals surface area contributed by atoms with Gasteiger partial charge in [0.1, 0.15) is 0 Å². The summed E-state index contributed by atoms with van der Waals surface area (Å²) in [6.07, 6.45) is 4.58. The zero-order valence-electron chi connectivity index (χ0n) is 16.3. The second-order valence-electron chi connectivity index (χ2n) is 7.85. The Kier molecular flexibility index (Phi) is 4.03. The zero-order chi connectivity index (χ0) is 19.3. The van der Waals surface area contributed by atoms with Gasteiger partial charge < -0.3 is 9.80 Å². The molecule has 5 rings (SSSR count). The number of hydrogen-bond acceptors (Lipinski definition) is 5. The lowest BCUT2D eigenvalue weighted by molar-refractivity contribution is 0.0700. The summed E-state index contributed by atoms with van der Waals surface area (Å²) in [5, 5.41) is 14.2. The predicted molar refractivity (Wildman–Crippen MR) is 107 cm³/mol. The topological polar surface area (TPSA) is 67.2 Å². The first-order chi connectivity index (χ1) is 13.6. The number of benzene rings is 1. The minimum Gasteiger partial charge on any atom is -0.351 e. The first-order valence-electron chi connectivity index (χ1n) is 9.91. The van der Waals surface area contributed by atoms with Crippen LogP contribution < -0.4 is 4.90 Å². The first kappa shape index (κ1) is 17.2. The fourth-order valence-electron chi connectivity index (χ4n) is 4.23. The van der Waals surface area contributed by atoms with E-state index in [1.54, 1.807) is 4.68 Å². The third kappa shape index (κ3) is 2.73. The molecule has 3 heterocycles. The summed E-state index contributed by atoms with van der Waals surface area (Å²) in [6.45, 7) is 1.56. The molecule has 0 atom stereocenters. The second-order valence-corrected chi connectivity index (χ2v) is 7.85. The Balaban J connectivity index is 1.30. The van der Waals surface area contributed by atoms with Gasteiger partial charge in [-0.15, -0.1) is 5.10 Å². The van der Waals surface area contributed by atoms with E-state index in [1.807, 2.05) is 43.3 Å². The smallest absolute Gasteiger partial charge is 0.275 e. The van der Waals surface area contributed by atoms with E-state index in [0.717, 1.165) is 48.3 Å². The molecule has 2 aromatic heterocycles. The van der Waals surface area contributed by atoms with Crippen molar-refractivity contribution in [3.63, 3.8) is 0 Å². The maximum Gasteiger partial charge on any atom is 0.275 e. The highest BCUT2D eigenvalue weighted by Gasteiger charge is 2.35. The summed E-state index contributed by atoms with van der Waals surface area (Å²) in [6, 6.07) is 10.2.